The third-order valence-electron chi connectivity index (χ3n) is 3.43. The highest BCUT2D eigenvalue weighted by Gasteiger charge is 2.14. The number of aromatic nitrogens is 3. The Morgan fingerprint density at radius 2 is 1.95 bits per heavy atom. The summed E-state index contributed by atoms with van der Waals surface area (Å²) in [7, 11) is 0. The molecule has 21 heavy (non-hydrogen) atoms. The minimum absolute atomic E-state index is 0.283. The summed E-state index contributed by atoms with van der Waals surface area (Å²) in [4.78, 5) is 5.72. The molecule has 0 amide bonds. The monoisotopic (exact) mass is 304 g/mol. The Morgan fingerprint density at radius 1 is 1.19 bits per heavy atom. The van der Waals surface area contributed by atoms with Crippen LogP contribution in [0.3, 0.4) is 0 Å². The molecule has 1 aromatic heterocycles. The van der Waals surface area contributed by atoms with Crippen LogP contribution in [0.5, 0.6) is 0 Å². The van der Waals surface area contributed by atoms with Crippen LogP contribution in [0.15, 0.2) is 35.5 Å². The van der Waals surface area contributed by atoms with Gasteiger partial charge in [0.15, 0.2) is 0 Å². The van der Waals surface area contributed by atoms with Gasteiger partial charge in [0.2, 0.25) is 0 Å². The Bertz CT molecular complexity index is 535. The highest BCUT2D eigenvalue weighted by molar-refractivity contribution is 7.99. The molecule has 0 aliphatic rings. The fraction of sp³-hybridized carbons (Fsp3) is 0.500. The quantitative estimate of drug-likeness (QED) is 0.760. The lowest BCUT2D eigenvalue weighted by Gasteiger charge is -2.18. The molecule has 1 atom stereocenters. The first-order valence-corrected chi connectivity index (χ1v) is 8.59. The Morgan fingerprint density at radius 3 is 2.57 bits per heavy atom. The van der Waals surface area contributed by atoms with Gasteiger partial charge in [0.05, 0.1) is 0 Å². The van der Waals surface area contributed by atoms with Crippen LogP contribution in [0.25, 0.3) is 0 Å². The molecule has 1 N–H and O–H groups in total. The van der Waals surface area contributed by atoms with Gasteiger partial charge in [0.25, 0.3) is 0 Å². The number of nitrogens with zero attached hydrogens (tertiary/aromatic N) is 3. The fourth-order valence-corrected chi connectivity index (χ4v) is 3.07. The standard InChI is InChI=1S/C16H24N4S/c1-4-17-15(11-16-18-12-19-20(16)5-2)13-7-9-14(10-8-13)21-6-3/h7-10,12,15,17H,4-6,11H2,1-3H3. The molecule has 0 radical (unpaired) electrons. The SMILES string of the molecule is CCNC(Cc1ncnn1CC)c1ccc(SCC)cc1. The lowest BCUT2D eigenvalue weighted by atomic mass is 10.0. The van der Waals surface area contributed by atoms with Gasteiger partial charge < -0.3 is 5.32 Å². The first kappa shape index (κ1) is 16.0. The zero-order valence-electron chi connectivity index (χ0n) is 13.0. The van der Waals surface area contributed by atoms with E-state index in [1.165, 1.54) is 10.5 Å². The third kappa shape index (κ3) is 4.32. The van der Waals surface area contributed by atoms with Crippen molar-refractivity contribution in [3.05, 3.63) is 42.0 Å². The van der Waals surface area contributed by atoms with Gasteiger partial charge in [-0.1, -0.05) is 26.0 Å². The zero-order valence-corrected chi connectivity index (χ0v) is 13.9. The molecule has 4 nitrogen and oxygen atoms in total. The summed E-state index contributed by atoms with van der Waals surface area (Å²) in [6.07, 6.45) is 2.50. The predicted molar refractivity (Wildman–Crippen MR) is 88.7 cm³/mol. The van der Waals surface area contributed by atoms with Crippen molar-refractivity contribution in [2.75, 3.05) is 12.3 Å². The number of thioether (sulfide) groups is 1. The molecule has 1 unspecified atom stereocenters. The summed E-state index contributed by atoms with van der Waals surface area (Å²) < 4.78 is 1.96. The molecule has 0 aliphatic carbocycles. The highest BCUT2D eigenvalue weighted by atomic mass is 32.2. The Hall–Kier alpha value is -1.33. The van der Waals surface area contributed by atoms with E-state index in [1.54, 1.807) is 6.33 Å². The molecule has 2 aromatic rings. The summed E-state index contributed by atoms with van der Waals surface area (Å²) >= 11 is 1.87. The predicted octanol–water partition coefficient (Wildman–Crippen LogP) is 3.30. The summed E-state index contributed by atoms with van der Waals surface area (Å²) in [5.74, 6) is 2.14. The van der Waals surface area contributed by atoms with E-state index in [0.717, 1.165) is 31.1 Å². The molecular weight excluding hydrogens is 280 g/mol. The van der Waals surface area contributed by atoms with Crippen LogP contribution in [-0.2, 0) is 13.0 Å². The first-order chi connectivity index (χ1) is 10.3. The van der Waals surface area contributed by atoms with Crippen molar-refractivity contribution >= 4 is 11.8 Å². The van der Waals surface area contributed by atoms with E-state index in [-0.39, 0.29) is 6.04 Å². The van der Waals surface area contributed by atoms with E-state index in [2.05, 4.69) is 60.4 Å². The Balaban J connectivity index is 2.14. The topological polar surface area (TPSA) is 42.7 Å². The molecule has 2 rings (SSSR count). The molecule has 0 fully saturated rings. The maximum absolute atomic E-state index is 4.39. The van der Waals surface area contributed by atoms with Crippen LogP contribution in [0.1, 0.15) is 38.2 Å². The maximum Gasteiger partial charge on any atom is 0.138 e. The number of nitrogens with one attached hydrogen (secondary N) is 1. The molecule has 0 saturated heterocycles. The van der Waals surface area contributed by atoms with Gasteiger partial charge in [0, 0.05) is 23.9 Å². The van der Waals surface area contributed by atoms with Crippen molar-refractivity contribution in [1.29, 1.82) is 0 Å². The smallest absolute Gasteiger partial charge is 0.138 e. The van der Waals surface area contributed by atoms with E-state index < -0.39 is 0 Å². The van der Waals surface area contributed by atoms with Crippen molar-refractivity contribution in [2.45, 2.75) is 44.7 Å². The number of likely N-dealkylation sites (N-methyl/N-ethyl adjacent to an activating group) is 1. The van der Waals surface area contributed by atoms with E-state index in [4.69, 9.17) is 0 Å². The second-order valence-corrected chi connectivity index (χ2v) is 6.15. The summed E-state index contributed by atoms with van der Waals surface area (Å²) in [5, 5.41) is 7.81. The van der Waals surface area contributed by atoms with Crippen molar-refractivity contribution in [3.63, 3.8) is 0 Å². The van der Waals surface area contributed by atoms with Crippen LogP contribution >= 0.6 is 11.8 Å². The molecule has 0 bridgehead atoms. The minimum Gasteiger partial charge on any atom is -0.310 e. The van der Waals surface area contributed by atoms with Crippen LogP contribution in [0, 0.1) is 0 Å². The van der Waals surface area contributed by atoms with E-state index in [0.29, 0.717) is 0 Å². The summed E-state index contributed by atoms with van der Waals surface area (Å²) in [6.45, 7) is 8.21. The van der Waals surface area contributed by atoms with Gasteiger partial charge in [0.1, 0.15) is 12.2 Å². The number of hydrogen-bond acceptors (Lipinski definition) is 4. The molecule has 114 valence electrons. The number of benzene rings is 1. The maximum atomic E-state index is 4.39. The Labute approximate surface area is 131 Å². The lowest BCUT2D eigenvalue weighted by molar-refractivity contribution is 0.509. The van der Waals surface area contributed by atoms with Crippen LogP contribution in [0.4, 0.5) is 0 Å². The zero-order chi connectivity index (χ0) is 15.1. The Kier molecular flexibility index (Phi) is 6.26. The van der Waals surface area contributed by atoms with Crippen LogP contribution in [0.2, 0.25) is 0 Å². The highest BCUT2D eigenvalue weighted by Crippen LogP contribution is 2.22. The fourth-order valence-electron chi connectivity index (χ4n) is 2.41. The van der Waals surface area contributed by atoms with E-state index in [9.17, 15) is 0 Å². The van der Waals surface area contributed by atoms with Crippen molar-refractivity contribution in [1.82, 2.24) is 20.1 Å². The molecule has 0 spiro atoms. The van der Waals surface area contributed by atoms with Crippen LogP contribution < -0.4 is 5.32 Å². The van der Waals surface area contributed by atoms with Gasteiger partial charge in [-0.2, -0.15) is 5.10 Å². The van der Waals surface area contributed by atoms with Crippen molar-refractivity contribution in [2.24, 2.45) is 0 Å². The number of rotatable bonds is 8. The summed E-state index contributed by atoms with van der Waals surface area (Å²) in [5.41, 5.74) is 1.31. The molecule has 0 saturated carbocycles. The van der Waals surface area contributed by atoms with Crippen LogP contribution in [-0.4, -0.2) is 27.1 Å². The van der Waals surface area contributed by atoms with Crippen molar-refractivity contribution < 1.29 is 0 Å². The van der Waals surface area contributed by atoms with Gasteiger partial charge in [-0.15, -0.1) is 11.8 Å². The second kappa shape index (κ2) is 8.20. The largest absolute Gasteiger partial charge is 0.310 e. The average Bonchev–Trinajstić information content (AvgIpc) is 2.95. The van der Waals surface area contributed by atoms with Gasteiger partial charge in [-0.3, -0.25) is 4.68 Å². The van der Waals surface area contributed by atoms with E-state index in [1.807, 2.05) is 16.4 Å². The normalized spacial score (nSPS) is 12.5. The lowest BCUT2D eigenvalue weighted by Crippen LogP contribution is -2.24. The molecule has 5 heteroatoms. The minimum atomic E-state index is 0.283. The average molecular weight is 304 g/mol. The first-order valence-electron chi connectivity index (χ1n) is 7.61. The van der Waals surface area contributed by atoms with E-state index >= 15 is 0 Å². The summed E-state index contributed by atoms with van der Waals surface area (Å²) in [6, 6.07) is 9.14. The third-order valence-corrected chi connectivity index (χ3v) is 4.32. The second-order valence-electron chi connectivity index (χ2n) is 4.81. The molecule has 1 heterocycles. The van der Waals surface area contributed by atoms with Crippen molar-refractivity contribution in [3.8, 4) is 0 Å². The van der Waals surface area contributed by atoms with Gasteiger partial charge in [-0.05, 0) is 36.9 Å². The van der Waals surface area contributed by atoms with Gasteiger partial charge in [-0.25, -0.2) is 4.98 Å². The van der Waals surface area contributed by atoms with Gasteiger partial charge >= 0.3 is 0 Å². The number of hydrogen-bond donors (Lipinski definition) is 1. The molecule has 0 aliphatic heterocycles. The molecular formula is C16H24N4S. The molecule has 1 aromatic carbocycles. The number of aryl methyl sites for hydroxylation is 1.